The third kappa shape index (κ3) is 8.88. The van der Waals surface area contributed by atoms with E-state index >= 15 is 0 Å². The van der Waals surface area contributed by atoms with Gasteiger partial charge in [-0.2, -0.15) is 0 Å². The zero-order valence-corrected chi connectivity index (χ0v) is 25.2. The number of hydrogen-bond donors (Lipinski definition) is 10. The highest BCUT2D eigenvalue weighted by atomic mass is 16.8. The summed E-state index contributed by atoms with van der Waals surface area (Å²) in [5.74, 6) is 0.475. The highest BCUT2D eigenvalue weighted by Gasteiger charge is 2.53. The SMILES string of the molecule is NCCCCCO[C@@H]1OC(COc2ccccc2)[C@@H](O[C@@H]2OC(CO)[C@H](O[C@H]3OC(CO)[C@H](O)C(O)C3O)C(O)C2O)C(O)C1O. The number of hydrogen-bond acceptors (Lipinski definition) is 17. The van der Waals surface area contributed by atoms with E-state index in [-0.39, 0.29) is 13.2 Å². The van der Waals surface area contributed by atoms with Crippen molar-refractivity contribution in [1.29, 1.82) is 0 Å². The molecule has 0 radical (unpaired) electrons. The van der Waals surface area contributed by atoms with Crippen LogP contribution in [-0.2, 0) is 28.4 Å². The van der Waals surface area contributed by atoms with E-state index in [1.54, 1.807) is 30.3 Å². The molecule has 3 heterocycles. The summed E-state index contributed by atoms with van der Waals surface area (Å²) in [6.07, 6.45) is -21.4. The average molecular weight is 666 g/mol. The molecule has 0 amide bonds. The summed E-state index contributed by atoms with van der Waals surface area (Å²) in [6.45, 7) is -0.969. The smallest absolute Gasteiger partial charge is 0.187 e. The van der Waals surface area contributed by atoms with E-state index in [2.05, 4.69) is 0 Å². The van der Waals surface area contributed by atoms with Gasteiger partial charge < -0.3 is 84.9 Å². The van der Waals surface area contributed by atoms with Crippen LogP contribution in [0.5, 0.6) is 5.75 Å². The molecule has 3 fully saturated rings. The summed E-state index contributed by atoms with van der Waals surface area (Å²) < 4.78 is 39.9. The lowest BCUT2D eigenvalue weighted by Crippen LogP contribution is -2.66. The van der Waals surface area contributed by atoms with Crippen LogP contribution in [0.1, 0.15) is 19.3 Å². The fourth-order valence-corrected chi connectivity index (χ4v) is 5.49. The molecule has 1 aromatic rings. The number of unbranched alkanes of at least 4 members (excludes halogenated alkanes) is 2. The van der Waals surface area contributed by atoms with E-state index in [9.17, 15) is 46.0 Å². The number of aliphatic hydroxyl groups excluding tert-OH is 9. The molecule has 0 aliphatic carbocycles. The first-order chi connectivity index (χ1) is 22.1. The van der Waals surface area contributed by atoms with Gasteiger partial charge >= 0.3 is 0 Å². The summed E-state index contributed by atoms with van der Waals surface area (Å²) >= 11 is 0. The summed E-state index contributed by atoms with van der Waals surface area (Å²) in [4.78, 5) is 0. The van der Waals surface area contributed by atoms with Crippen molar-refractivity contribution in [2.24, 2.45) is 5.73 Å². The average Bonchev–Trinajstić information content (AvgIpc) is 3.06. The van der Waals surface area contributed by atoms with E-state index in [1.165, 1.54) is 0 Å². The van der Waals surface area contributed by atoms with Crippen molar-refractivity contribution < 1.29 is 79.1 Å². The zero-order chi connectivity index (χ0) is 33.4. The van der Waals surface area contributed by atoms with Crippen molar-refractivity contribution in [1.82, 2.24) is 0 Å². The minimum Gasteiger partial charge on any atom is -0.491 e. The van der Waals surface area contributed by atoms with Crippen LogP contribution in [0.3, 0.4) is 0 Å². The lowest BCUT2D eigenvalue weighted by Gasteiger charge is -2.48. The van der Waals surface area contributed by atoms with Crippen LogP contribution in [0, 0.1) is 0 Å². The van der Waals surface area contributed by atoms with Crippen molar-refractivity contribution in [3.05, 3.63) is 30.3 Å². The quantitative estimate of drug-likeness (QED) is 0.0793. The second kappa shape index (κ2) is 17.7. The van der Waals surface area contributed by atoms with Gasteiger partial charge in [0, 0.05) is 6.61 Å². The number of para-hydroxylation sites is 1. The first kappa shape index (κ1) is 37.2. The summed E-state index contributed by atoms with van der Waals surface area (Å²) in [5, 5.41) is 93.9. The molecule has 4 rings (SSSR count). The van der Waals surface area contributed by atoms with Gasteiger partial charge in [0.05, 0.1) is 13.2 Å². The molecule has 11 N–H and O–H groups in total. The van der Waals surface area contributed by atoms with Gasteiger partial charge in [-0.25, -0.2) is 0 Å². The Kier molecular flexibility index (Phi) is 14.3. The number of ether oxygens (including phenoxy) is 7. The molecule has 9 unspecified atom stereocenters. The standard InChI is InChI=1S/C29H47NO16/c30-9-5-2-6-10-40-27-23(38)20(35)26(17(44-27)13-41-14-7-3-1-4-8-14)46-29-24(39)21(36)25(16(12-32)43-29)45-28-22(37)19(34)18(33)15(11-31)42-28/h1,3-4,7-8,15-29,31-39H,2,5-6,9-13,30H2/t15?,16?,17?,18-,19?,20?,21?,22?,23?,24?,25-,26+,27+,28+,29-/m0/s1. The van der Waals surface area contributed by atoms with Crippen molar-refractivity contribution in [3.63, 3.8) is 0 Å². The van der Waals surface area contributed by atoms with E-state index in [1.807, 2.05) is 0 Å². The molecule has 0 aromatic heterocycles. The highest BCUT2D eigenvalue weighted by Crippen LogP contribution is 2.33. The van der Waals surface area contributed by atoms with Gasteiger partial charge in [-0.3, -0.25) is 0 Å². The number of aliphatic hydroxyl groups is 9. The third-order valence-corrected chi connectivity index (χ3v) is 8.18. The molecule has 264 valence electrons. The van der Waals surface area contributed by atoms with Crippen molar-refractivity contribution in [3.8, 4) is 5.75 Å². The van der Waals surface area contributed by atoms with Gasteiger partial charge in [0.1, 0.15) is 85.6 Å². The fourth-order valence-electron chi connectivity index (χ4n) is 5.49. The number of benzene rings is 1. The Morgan fingerprint density at radius 1 is 0.587 bits per heavy atom. The normalized spacial score (nSPS) is 41.7. The summed E-state index contributed by atoms with van der Waals surface area (Å²) in [6, 6.07) is 8.69. The molecular weight excluding hydrogens is 618 g/mol. The van der Waals surface area contributed by atoms with Crippen LogP contribution < -0.4 is 10.5 Å². The molecule has 15 atom stereocenters. The van der Waals surface area contributed by atoms with E-state index in [0.717, 1.165) is 12.8 Å². The molecule has 0 saturated carbocycles. The van der Waals surface area contributed by atoms with E-state index < -0.39 is 105 Å². The van der Waals surface area contributed by atoms with E-state index in [4.69, 9.17) is 38.9 Å². The van der Waals surface area contributed by atoms with Crippen LogP contribution >= 0.6 is 0 Å². The van der Waals surface area contributed by atoms with Crippen LogP contribution in [0.25, 0.3) is 0 Å². The maximum Gasteiger partial charge on any atom is 0.187 e. The molecule has 17 heteroatoms. The van der Waals surface area contributed by atoms with Gasteiger partial charge in [0.15, 0.2) is 18.9 Å². The van der Waals surface area contributed by atoms with Gasteiger partial charge in [-0.1, -0.05) is 18.2 Å². The number of rotatable bonds is 15. The largest absolute Gasteiger partial charge is 0.491 e. The van der Waals surface area contributed by atoms with Crippen LogP contribution in [0.2, 0.25) is 0 Å². The first-order valence-corrected chi connectivity index (χ1v) is 15.4. The van der Waals surface area contributed by atoms with Gasteiger partial charge in [-0.15, -0.1) is 0 Å². The van der Waals surface area contributed by atoms with Gasteiger partial charge in [0.2, 0.25) is 0 Å². The maximum absolute atomic E-state index is 11.1. The Labute approximate surface area is 265 Å². The first-order valence-electron chi connectivity index (χ1n) is 15.4. The lowest BCUT2D eigenvalue weighted by atomic mass is 9.96. The predicted octanol–water partition coefficient (Wildman–Crippen LogP) is -4.33. The summed E-state index contributed by atoms with van der Waals surface area (Å²) in [7, 11) is 0. The molecule has 17 nitrogen and oxygen atoms in total. The van der Waals surface area contributed by atoms with E-state index in [0.29, 0.717) is 18.7 Å². The highest BCUT2D eigenvalue weighted by molar-refractivity contribution is 5.21. The lowest BCUT2D eigenvalue weighted by molar-refractivity contribution is -0.379. The molecule has 0 spiro atoms. The second-order valence-electron chi connectivity index (χ2n) is 11.5. The minimum atomic E-state index is -1.88. The Bertz CT molecular complexity index is 1010. The Morgan fingerprint density at radius 3 is 1.74 bits per heavy atom. The molecule has 3 aliphatic heterocycles. The Balaban J connectivity index is 1.46. The van der Waals surface area contributed by atoms with Crippen LogP contribution in [0.15, 0.2) is 30.3 Å². The topological polar surface area (TPSA) is 273 Å². The van der Waals surface area contributed by atoms with Gasteiger partial charge in [-0.05, 0) is 37.9 Å². The number of nitrogens with two attached hydrogens (primary N) is 1. The molecule has 3 saturated heterocycles. The van der Waals surface area contributed by atoms with Crippen molar-refractivity contribution in [2.45, 2.75) is 111 Å². The Morgan fingerprint density at radius 2 is 1.13 bits per heavy atom. The third-order valence-electron chi connectivity index (χ3n) is 8.18. The minimum absolute atomic E-state index is 0.191. The molecule has 0 bridgehead atoms. The molecule has 3 aliphatic rings. The maximum atomic E-state index is 11.1. The molecule has 1 aromatic carbocycles. The predicted molar refractivity (Wildman–Crippen MR) is 153 cm³/mol. The van der Waals surface area contributed by atoms with Crippen LogP contribution in [0.4, 0.5) is 0 Å². The molecular formula is C29H47NO16. The molecule has 46 heavy (non-hydrogen) atoms. The second-order valence-corrected chi connectivity index (χ2v) is 11.5. The van der Waals surface area contributed by atoms with Crippen LogP contribution in [-0.4, -0.2) is 171 Å². The van der Waals surface area contributed by atoms with Crippen molar-refractivity contribution >= 4 is 0 Å². The summed E-state index contributed by atoms with van der Waals surface area (Å²) in [5.41, 5.74) is 5.52. The van der Waals surface area contributed by atoms with Gasteiger partial charge in [0.25, 0.3) is 0 Å². The zero-order valence-electron chi connectivity index (χ0n) is 25.2. The fraction of sp³-hybridized carbons (Fsp3) is 0.793. The monoisotopic (exact) mass is 665 g/mol. The Hall–Kier alpha value is -1.62. The van der Waals surface area contributed by atoms with Crippen molar-refractivity contribution in [2.75, 3.05) is 33.0 Å².